The van der Waals surface area contributed by atoms with E-state index in [2.05, 4.69) is 24.6 Å². The number of anilines is 1. The van der Waals surface area contributed by atoms with Crippen LogP contribution in [0.4, 0.5) is 5.69 Å². The van der Waals surface area contributed by atoms with Crippen molar-refractivity contribution >= 4 is 26.7 Å². The number of hydrogen-bond donors (Lipinski definition) is 1. The molecule has 2 aromatic carbocycles. The lowest BCUT2D eigenvalue weighted by molar-refractivity contribution is 0.239. The van der Waals surface area contributed by atoms with Crippen molar-refractivity contribution in [3.05, 3.63) is 48.0 Å². The van der Waals surface area contributed by atoms with Gasteiger partial charge in [0.05, 0.1) is 6.26 Å². The van der Waals surface area contributed by atoms with E-state index in [-0.39, 0.29) is 0 Å². The molecule has 3 rings (SSSR count). The molecule has 0 aliphatic heterocycles. The number of nitrogens with one attached hydrogen (secondary N) is 1. The van der Waals surface area contributed by atoms with Gasteiger partial charge in [0.15, 0.2) is 0 Å². The van der Waals surface area contributed by atoms with Gasteiger partial charge in [0, 0.05) is 24.8 Å². The molecule has 0 saturated carbocycles. The minimum absolute atomic E-state index is 0.560. The third-order valence-electron chi connectivity index (χ3n) is 4.01. The van der Waals surface area contributed by atoms with Crippen molar-refractivity contribution in [2.45, 2.75) is 6.42 Å². The SMILES string of the molecule is CN(CCOc1ccc2nonc2c1)CCc1ccc(NS(C)(=O)=O)cc1. The second kappa shape index (κ2) is 8.36. The van der Waals surface area contributed by atoms with Crippen LogP contribution in [0.3, 0.4) is 0 Å². The van der Waals surface area contributed by atoms with Crippen LogP contribution in [0.1, 0.15) is 5.56 Å². The third-order valence-corrected chi connectivity index (χ3v) is 4.61. The second-order valence-electron chi connectivity index (χ2n) is 6.39. The van der Waals surface area contributed by atoms with E-state index in [4.69, 9.17) is 4.74 Å². The molecule has 0 aliphatic rings. The van der Waals surface area contributed by atoms with Crippen LogP contribution in [0.15, 0.2) is 47.1 Å². The monoisotopic (exact) mass is 390 g/mol. The molecule has 8 nitrogen and oxygen atoms in total. The van der Waals surface area contributed by atoms with Gasteiger partial charge in [-0.3, -0.25) is 4.72 Å². The van der Waals surface area contributed by atoms with E-state index in [0.717, 1.165) is 37.1 Å². The van der Waals surface area contributed by atoms with Crippen molar-refractivity contribution < 1.29 is 17.8 Å². The number of rotatable bonds is 9. The first-order chi connectivity index (χ1) is 12.9. The number of ether oxygens (including phenoxy) is 1. The predicted molar refractivity (Wildman–Crippen MR) is 103 cm³/mol. The Morgan fingerprint density at radius 1 is 1.07 bits per heavy atom. The molecule has 0 atom stereocenters. The van der Waals surface area contributed by atoms with Crippen molar-refractivity contribution in [3.8, 4) is 5.75 Å². The van der Waals surface area contributed by atoms with Crippen molar-refractivity contribution in [2.24, 2.45) is 0 Å². The van der Waals surface area contributed by atoms with Gasteiger partial charge in [0.2, 0.25) is 10.0 Å². The molecule has 144 valence electrons. The summed E-state index contributed by atoms with van der Waals surface area (Å²) in [6.45, 7) is 2.21. The van der Waals surface area contributed by atoms with Gasteiger partial charge >= 0.3 is 0 Å². The number of likely N-dealkylation sites (N-methyl/N-ethyl adjacent to an activating group) is 1. The van der Waals surface area contributed by atoms with Crippen molar-refractivity contribution in [1.29, 1.82) is 0 Å². The summed E-state index contributed by atoms with van der Waals surface area (Å²) in [5.41, 5.74) is 3.10. The highest BCUT2D eigenvalue weighted by atomic mass is 32.2. The predicted octanol–water partition coefficient (Wildman–Crippen LogP) is 2.15. The van der Waals surface area contributed by atoms with E-state index < -0.39 is 10.0 Å². The van der Waals surface area contributed by atoms with Crippen LogP contribution in [0.2, 0.25) is 0 Å². The Kier molecular flexibility index (Phi) is 5.92. The number of hydrogen-bond acceptors (Lipinski definition) is 7. The van der Waals surface area contributed by atoms with Crippen molar-refractivity contribution in [3.63, 3.8) is 0 Å². The summed E-state index contributed by atoms with van der Waals surface area (Å²) in [5, 5.41) is 7.56. The van der Waals surface area contributed by atoms with Crippen molar-refractivity contribution in [1.82, 2.24) is 15.2 Å². The molecule has 0 radical (unpaired) electrons. The summed E-state index contributed by atoms with van der Waals surface area (Å²) in [6.07, 6.45) is 2.00. The average molecular weight is 390 g/mol. The molecule has 0 spiro atoms. The van der Waals surface area contributed by atoms with E-state index in [9.17, 15) is 8.42 Å². The standard InChI is InChI=1S/C18H22N4O4S/c1-22(10-9-14-3-5-15(6-4-14)21-27(2,23)24)11-12-25-16-7-8-17-18(13-16)20-26-19-17/h3-8,13,21H,9-12H2,1-2H3. The fourth-order valence-corrected chi connectivity index (χ4v) is 3.12. The van der Waals surface area contributed by atoms with E-state index in [1.54, 1.807) is 18.2 Å². The minimum Gasteiger partial charge on any atom is -0.492 e. The van der Waals surface area contributed by atoms with Gasteiger partial charge in [-0.05, 0) is 53.6 Å². The van der Waals surface area contributed by atoms with Crippen LogP contribution in [-0.4, -0.2) is 56.6 Å². The first kappa shape index (κ1) is 19.1. The summed E-state index contributed by atoms with van der Waals surface area (Å²) in [4.78, 5) is 2.18. The smallest absolute Gasteiger partial charge is 0.229 e. The maximum absolute atomic E-state index is 11.2. The lowest BCUT2D eigenvalue weighted by atomic mass is 10.1. The molecule has 9 heteroatoms. The molecule has 0 amide bonds. The Hall–Kier alpha value is -2.65. The van der Waals surface area contributed by atoms with Gasteiger partial charge in [-0.25, -0.2) is 13.0 Å². The Bertz CT molecular complexity index is 986. The van der Waals surface area contributed by atoms with E-state index in [1.807, 2.05) is 31.3 Å². The van der Waals surface area contributed by atoms with Crippen LogP contribution in [0.25, 0.3) is 11.0 Å². The Labute approximate surface area is 158 Å². The fourth-order valence-electron chi connectivity index (χ4n) is 2.56. The zero-order valence-corrected chi connectivity index (χ0v) is 16.1. The molecule has 1 heterocycles. The Morgan fingerprint density at radius 3 is 2.56 bits per heavy atom. The lowest BCUT2D eigenvalue weighted by Crippen LogP contribution is -2.26. The highest BCUT2D eigenvalue weighted by Gasteiger charge is 2.05. The summed E-state index contributed by atoms with van der Waals surface area (Å²) >= 11 is 0. The summed E-state index contributed by atoms with van der Waals surface area (Å²) in [5.74, 6) is 0.737. The highest BCUT2D eigenvalue weighted by Crippen LogP contribution is 2.17. The maximum Gasteiger partial charge on any atom is 0.229 e. The molecular formula is C18H22N4O4S. The molecule has 1 aromatic heterocycles. The van der Waals surface area contributed by atoms with Gasteiger partial charge in [-0.15, -0.1) is 0 Å². The number of nitrogens with zero attached hydrogens (tertiary/aromatic N) is 3. The van der Waals surface area contributed by atoms with Gasteiger partial charge in [-0.2, -0.15) is 0 Å². The minimum atomic E-state index is -3.24. The summed E-state index contributed by atoms with van der Waals surface area (Å²) < 4.78 is 35.3. The molecule has 0 saturated heterocycles. The largest absolute Gasteiger partial charge is 0.492 e. The highest BCUT2D eigenvalue weighted by molar-refractivity contribution is 7.92. The molecule has 0 fully saturated rings. The fraction of sp³-hybridized carbons (Fsp3) is 0.333. The van der Waals surface area contributed by atoms with Crippen molar-refractivity contribution in [2.75, 3.05) is 37.7 Å². The molecule has 0 bridgehead atoms. The Morgan fingerprint density at radius 2 is 1.81 bits per heavy atom. The van der Waals surface area contributed by atoms with E-state index in [0.29, 0.717) is 23.3 Å². The van der Waals surface area contributed by atoms with E-state index >= 15 is 0 Å². The average Bonchev–Trinajstić information content (AvgIpc) is 3.07. The molecule has 3 aromatic rings. The van der Waals surface area contributed by atoms with Crippen LogP contribution >= 0.6 is 0 Å². The maximum atomic E-state index is 11.2. The molecule has 27 heavy (non-hydrogen) atoms. The lowest BCUT2D eigenvalue weighted by Gasteiger charge is -2.17. The molecular weight excluding hydrogens is 368 g/mol. The quantitative estimate of drug-likeness (QED) is 0.598. The van der Waals surface area contributed by atoms with Gasteiger partial charge in [-0.1, -0.05) is 12.1 Å². The number of benzene rings is 2. The first-order valence-electron chi connectivity index (χ1n) is 8.49. The number of aromatic nitrogens is 2. The second-order valence-corrected chi connectivity index (χ2v) is 8.14. The molecule has 0 aliphatic carbocycles. The van der Waals surface area contributed by atoms with Crippen LogP contribution in [0.5, 0.6) is 5.75 Å². The summed E-state index contributed by atoms with van der Waals surface area (Å²) in [7, 11) is -1.21. The van der Waals surface area contributed by atoms with Gasteiger partial charge in [0.25, 0.3) is 0 Å². The molecule has 1 N–H and O–H groups in total. The number of fused-ring (bicyclic) bond motifs is 1. The van der Waals surface area contributed by atoms with Crippen LogP contribution in [0, 0.1) is 0 Å². The van der Waals surface area contributed by atoms with Gasteiger partial charge < -0.3 is 9.64 Å². The topological polar surface area (TPSA) is 97.6 Å². The normalized spacial score (nSPS) is 11.8. The summed E-state index contributed by atoms with van der Waals surface area (Å²) in [6, 6.07) is 12.9. The van der Waals surface area contributed by atoms with E-state index in [1.165, 1.54) is 0 Å². The van der Waals surface area contributed by atoms with Gasteiger partial charge in [0.1, 0.15) is 23.4 Å². The zero-order chi connectivity index (χ0) is 19.3. The Balaban J connectivity index is 1.40. The molecule has 0 unspecified atom stereocenters. The van der Waals surface area contributed by atoms with Crippen LogP contribution < -0.4 is 9.46 Å². The first-order valence-corrected chi connectivity index (χ1v) is 10.4. The van der Waals surface area contributed by atoms with Crippen LogP contribution in [-0.2, 0) is 16.4 Å². The zero-order valence-electron chi connectivity index (χ0n) is 15.3. The third kappa shape index (κ3) is 5.93. The number of sulfonamides is 1.